The second-order valence-corrected chi connectivity index (χ2v) is 6.47. The van der Waals surface area contributed by atoms with Crippen molar-refractivity contribution < 1.29 is 0 Å². The molecule has 0 bridgehead atoms. The van der Waals surface area contributed by atoms with E-state index in [-0.39, 0.29) is 0 Å². The molecule has 1 aromatic rings. The zero-order valence-corrected chi connectivity index (χ0v) is 13.7. The molecule has 1 aliphatic rings. The van der Waals surface area contributed by atoms with Gasteiger partial charge < -0.3 is 10.2 Å². The van der Waals surface area contributed by atoms with Crippen LogP contribution in [0.2, 0.25) is 5.02 Å². The molecule has 20 heavy (non-hydrogen) atoms. The molecule has 2 rings (SSSR count). The molecule has 2 unspecified atom stereocenters. The second kappa shape index (κ2) is 7.33. The summed E-state index contributed by atoms with van der Waals surface area (Å²) in [6, 6.07) is 6.56. The molecule has 112 valence electrons. The number of hydrogen-bond donors (Lipinski definition) is 1. The van der Waals surface area contributed by atoms with Crippen molar-refractivity contribution in [3.63, 3.8) is 0 Å². The lowest BCUT2D eigenvalue weighted by Crippen LogP contribution is -2.42. The highest BCUT2D eigenvalue weighted by atomic mass is 35.5. The third-order valence-electron chi connectivity index (χ3n) is 4.38. The average Bonchev–Trinajstić information content (AvgIpc) is 2.43. The molecular weight excluding hydrogens is 268 g/mol. The zero-order chi connectivity index (χ0) is 14.5. The Morgan fingerprint density at radius 3 is 2.95 bits per heavy atom. The average molecular weight is 295 g/mol. The summed E-state index contributed by atoms with van der Waals surface area (Å²) in [5.41, 5.74) is 2.33. The van der Waals surface area contributed by atoms with Crippen LogP contribution in [0.5, 0.6) is 0 Å². The van der Waals surface area contributed by atoms with Crippen LogP contribution in [-0.4, -0.2) is 30.6 Å². The topological polar surface area (TPSA) is 15.3 Å². The number of likely N-dealkylation sites (tertiary alicyclic amines) is 1. The Kier molecular flexibility index (Phi) is 5.74. The van der Waals surface area contributed by atoms with Crippen molar-refractivity contribution in [3.8, 4) is 0 Å². The van der Waals surface area contributed by atoms with Crippen LogP contribution in [-0.2, 0) is 0 Å². The Morgan fingerprint density at radius 2 is 2.25 bits per heavy atom. The smallest absolute Gasteiger partial charge is 0.0640 e. The van der Waals surface area contributed by atoms with E-state index in [1.54, 1.807) is 0 Å². The number of aryl methyl sites for hydroxylation is 1. The Bertz CT molecular complexity index is 411. The van der Waals surface area contributed by atoms with Gasteiger partial charge in [-0.15, -0.1) is 0 Å². The summed E-state index contributed by atoms with van der Waals surface area (Å²) in [5, 5.41) is 4.48. The second-order valence-electron chi connectivity index (χ2n) is 6.07. The van der Waals surface area contributed by atoms with Gasteiger partial charge in [0.15, 0.2) is 0 Å². The molecule has 0 amide bonds. The summed E-state index contributed by atoms with van der Waals surface area (Å²) in [5.74, 6) is 0.714. The molecule has 0 aliphatic carbocycles. The fourth-order valence-corrected chi connectivity index (χ4v) is 3.46. The van der Waals surface area contributed by atoms with Crippen molar-refractivity contribution in [2.24, 2.45) is 5.92 Å². The fraction of sp³-hybridized carbons (Fsp3) is 0.647. The number of nitrogens with one attached hydrogen (secondary N) is 1. The molecule has 1 N–H and O–H groups in total. The van der Waals surface area contributed by atoms with Gasteiger partial charge in [0, 0.05) is 12.6 Å². The normalized spacial score (nSPS) is 21.7. The van der Waals surface area contributed by atoms with Gasteiger partial charge in [0.1, 0.15) is 0 Å². The van der Waals surface area contributed by atoms with Crippen LogP contribution in [0.1, 0.15) is 38.7 Å². The minimum Gasteiger partial charge on any atom is -0.381 e. The highest BCUT2D eigenvalue weighted by Gasteiger charge is 2.24. The van der Waals surface area contributed by atoms with Crippen LogP contribution in [0, 0.1) is 12.8 Å². The first-order valence-electron chi connectivity index (χ1n) is 7.85. The molecule has 0 radical (unpaired) electrons. The lowest BCUT2D eigenvalue weighted by Gasteiger charge is -2.36. The summed E-state index contributed by atoms with van der Waals surface area (Å²) < 4.78 is 0. The van der Waals surface area contributed by atoms with Crippen molar-refractivity contribution in [1.82, 2.24) is 4.90 Å². The van der Waals surface area contributed by atoms with E-state index < -0.39 is 0 Å². The third kappa shape index (κ3) is 3.89. The highest BCUT2D eigenvalue weighted by Crippen LogP contribution is 2.29. The molecule has 1 aromatic carbocycles. The van der Waals surface area contributed by atoms with E-state index in [1.165, 1.54) is 44.5 Å². The van der Waals surface area contributed by atoms with Gasteiger partial charge in [0.25, 0.3) is 0 Å². The number of benzene rings is 1. The molecule has 1 fully saturated rings. The maximum atomic E-state index is 6.32. The van der Waals surface area contributed by atoms with Gasteiger partial charge in [-0.1, -0.05) is 30.7 Å². The van der Waals surface area contributed by atoms with Gasteiger partial charge >= 0.3 is 0 Å². The van der Waals surface area contributed by atoms with E-state index in [4.69, 9.17) is 11.6 Å². The van der Waals surface area contributed by atoms with Crippen molar-refractivity contribution in [3.05, 3.63) is 28.8 Å². The first-order chi connectivity index (χ1) is 9.61. The van der Waals surface area contributed by atoms with E-state index in [2.05, 4.69) is 37.1 Å². The lowest BCUT2D eigenvalue weighted by molar-refractivity contribution is 0.165. The number of para-hydroxylation sites is 1. The number of piperidine rings is 1. The van der Waals surface area contributed by atoms with Crippen LogP contribution in [0.15, 0.2) is 18.2 Å². The summed E-state index contributed by atoms with van der Waals surface area (Å²) in [4.78, 5) is 2.60. The van der Waals surface area contributed by atoms with Crippen molar-refractivity contribution in [2.75, 3.05) is 25.0 Å². The monoisotopic (exact) mass is 294 g/mol. The van der Waals surface area contributed by atoms with E-state index in [0.717, 1.165) is 10.7 Å². The van der Waals surface area contributed by atoms with Crippen LogP contribution < -0.4 is 5.32 Å². The highest BCUT2D eigenvalue weighted by molar-refractivity contribution is 6.33. The number of nitrogens with zero attached hydrogens (tertiary/aromatic N) is 1. The minimum atomic E-state index is 0.466. The van der Waals surface area contributed by atoms with Crippen LogP contribution in [0.3, 0.4) is 0 Å². The van der Waals surface area contributed by atoms with Crippen LogP contribution >= 0.6 is 11.6 Å². The standard InChI is InChI=1S/C17H27ClN2/c1-4-10-20-11-6-8-15(12-20)14(3)19-17-13(2)7-5-9-16(17)18/h5,7,9,14-15,19H,4,6,8,10-12H2,1-3H3. The predicted molar refractivity (Wildman–Crippen MR) is 88.7 cm³/mol. The molecule has 2 nitrogen and oxygen atoms in total. The Hall–Kier alpha value is -0.730. The SMILES string of the molecule is CCCN1CCCC(C(C)Nc2c(C)cccc2Cl)C1. The fourth-order valence-electron chi connectivity index (χ4n) is 3.18. The molecule has 1 saturated heterocycles. The third-order valence-corrected chi connectivity index (χ3v) is 4.70. The minimum absolute atomic E-state index is 0.466. The van der Waals surface area contributed by atoms with Gasteiger partial charge in [-0.3, -0.25) is 0 Å². The molecule has 1 heterocycles. The maximum Gasteiger partial charge on any atom is 0.0640 e. The molecule has 0 saturated carbocycles. The number of halogens is 1. The summed E-state index contributed by atoms with van der Waals surface area (Å²) >= 11 is 6.32. The van der Waals surface area contributed by atoms with E-state index >= 15 is 0 Å². The van der Waals surface area contributed by atoms with Gasteiger partial charge in [0.2, 0.25) is 0 Å². The van der Waals surface area contributed by atoms with Crippen molar-refractivity contribution in [1.29, 1.82) is 0 Å². The van der Waals surface area contributed by atoms with E-state index in [1.807, 2.05) is 12.1 Å². The molecule has 2 atom stereocenters. The molecule has 3 heteroatoms. The summed E-state index contributed by atoms with van der Waals surface area (Å²) in [6.45, 7) is 10.4. The zero-order valence-electron chi connectivity index (χ0n) is 13.0. The summed E-state index contributed by atoms with van der Waals surface area (Å²) in [6.07, 6.45) is 3.88. The van der Waals surface area contributed by atoms with Gasteiger partial charge in [0.05, 0.1) is 10.7 Å². The first-order valence-corrected chi connectivity index (χ1v) is 8.23. The number of rotatable bonds is 5. The lowest BCUT2D eigenvalue weighted by atomic mass is 9.91. The maximum absolute atomic E-state index is 6.32. The van der Waals surface area contributed by atoms with Gasteiger partial charge in [-0.05, 0) is 63.7 Å². The van der Waals surface area contributed by atoms with E-state index in [0.29, 0.717) is 12.0 Å². The Labute approximate surface area is 128 Å². The first kappa shape index (κ1) is 15.7. The number of anilines is 1. The van der Waals surface area contributed by atoms with Crippen LogP contribution in [0.25, 0.3) is 0 Å². The molecular formula is C17H27ClN2. The van der Waals surface area contributed by atoms with Gasteiger partial charge in [-0.25, -0.2) is 0 Å². The Balaban J connectivity index is 1.99. The van der Waals surface area contributed by atoms with Crippen molar-refractivity contribution in [2.45, 2.75) is 46.1 Å². The number of hydrogen-bond acceptors (Lipinski definition) is 2. The van der Waals surface area contributed by atoms with Gasteiger partial charge in [-0.2, -0.15) is 0 Å². The largest absolute Gasteiger partial charge is 0.381 e. The van der Waals surface area contributed by atoms with Crippen LogP contribution in [0.4, 0.5) is 5.69 Å². The van der Waals surface area contributed by atoms with E-state index in [9.17, 15) is 0 Å². The molecule has 0 spiro atoms. The predicted octanol–water partition coefficient (Wildman–Crippen LogP) is 4.57. The van der Waals surface area contributed by atoms with Crippen molar-refractivity contribution >= 4 is 17.3 Å². The molecule has 0 aromatic heterocycles. The Morgan fingerprint density at radius 1 is 1.45 bits per heavy atom. The summed E-state index contributed by atoms with van der Waals surface area (Å²) in [7, 11) is 0. The quantitative estimate of drug-likeness (QED) is 0.856. The molecule has 1 aliphatic heterocycles.